The number of carbonyl (C=O) groups excluding carboxylic acids is 1. The van der Waals surface area contributed by atoms with Crippen LogP contribution in [0, 0.1) is 6.92 Å². The Hall–Kier alpha value is -4.11. The second kappa shape index (κ2) is 11.5. The Balaban J connectivity index is 1.71. The summed E-state index contributed by atoms with van der Waals surface area (Å²) in [5, 5.41) is 13.3. The number of methoxy groups -OCH3 is 1. The summed E-state index contributed by atoms with van der Waals surface area (Å²) < 4.78 is 22.7. The number of carboxylic acid groups (broad SMARTS) is 1. The van der Waals surface area contributed by atoms with Gasteiger partial charge in [-0.25, -0.2) is 9.78 Å². The van der Waals surface area contributed by atoms with E-state index in [-0.39, 0.29) is 24.4 Å². The first-order valence-corrected chi connectivity index (χ1v) is 12.1. The van der Waals surface area contributed by atoms with Gasteiger partial charge in [-0.05, 0) is 59.0 Å². The predicted octanol–water partition coefficient (Wildman–Crippen LogP) is 6.06. The number of rotatable bonds is 11. The predicted molar refractivity (Wildman–Crippen MR) is 133 cm³/mol. The minimum atomic E-state index is -0.916. The van der Waals surface area contributed by atoms with E-state index in [2.05, 4.69) is 4.98 Å². The van der Waals surface area contributed by atoms with E-state index in [0.717, 1.165) is 16.7 Å². The van der Waals surface area contributed by atoms with Crippen molar-refractivity contribution in [1.82, 2.24) is 4.98 Å². The molecule has 4 rings (SSSR count). The minimum Gasteiger partial charge on any atom is -0.489 e. The maximum atomic E-state index is 11.9. The molecule has 36 heavy (non-hydrogen) atoms. The molecule has 0 spiro atoms. The van der Waals surface area contributed by atoms with Gasteiger partial charge in [0, 0.05) is 12.5 Å². The standard InChI is InChI=1S/C27H25NO7S/c1-17-5-3-4-6-20(17)23(9-10-25(29)30)35-24-13-19(33-14-18-11-12-36-16-18)7-8-21(24)26-28-22(15-34-26)27(31)32-2/h3-8,11-13,15-16,23H,9-10,14H2,1-2H3,(H,29,30). The van der Waals surface area contributed by atoms with Gasteiger partial charge in [-0.1, -0.05) is 24.3 Å². The Labute approximate surface area is 212 Å². The number of aromatic nitrogens is 1. The van der Waals surface area contributed by atoms with E-state index in [1.165, 1.54) is 13.4 Å². The third-order valence-electron chi connectivity index (χ3n) is 5.49. The van der Waals surface area contributed by atoms with Gasteiger partial charge in [0.05, 0.1) is 12.7 Å². The van der Waals surface area contributed by atoms with Crippen molar-refractivity contribution in [1.29, 1.82) is 0 Å². The summed E-state index contributed by atoms with van der Waals surface area (Å²) in [5.41, 5.74) is 3.40. The zero-order chi connectivity index (χ0) is 25.5. The zero-order valence-corrected chi connectivity index (χ0v) is 20.6. The number of nitrogens with zero attached hydrogens (tertiary/aromatic N) is 1. The van der Waals surface area contributed by atoms with Crippen LogP contribution in [0.25, 0.3) is 11.5 Å². The molecule has 0 amide bonds. The summed E-state index contributed by atoms with van der Waals surface area (Å²) in [6, 6.07) is 14.9. The largest absolute Gasteiger partial charge is 0.489 e. The number of aryl methyl sites for hydroxylation is 1. The molecular weight excluding hydrogens is 482 g/mol. The fourth-order valence-corrected chi connectivity index (χ4v) is 4.29. The maximum absolute atomic E-state index is 11.9. The van der Waals surface area contributed by atoms with Crippen molar-refractivity contribution >= 4 is 23.3 Å². The maximum Gasteiger partial charge on any atom is 0.360 e. The lowest BCUT2D eigenvalue weighted by molar-refractivity contribution is -0.137. The number of hydrogen-bond donors (Lipinski definition) is 1. The van der Waals surface area contributed by atoms with Crippen LogP contribution in [0.15, 0.2) is 70.0 Å². The molecular formula is C27H25NO7S. The van der Waals surface area contributed by atoms with Gasteiger partial charge in [0.1, 0.15) is 30.5 Å². The summed E-state index contributed by atoms with van der Waals surface area (Å²) in [6.07, 6.45) is 0.838. The van der Waals surface area contributed by atoms with Gasteiger partial charge in [0.25, 0.3) is 0 Å². The second-order valence-corrected chi connectivity index (χ2v) is 8.78. The van der Waals surface area contributed by atoms with Crippen LogP contribution in [0.4, 0.5) is 0 Å². The van der Waals surface area contributed by atoms with Gasteiger partial charge in [-0.2, -0.15) is 11.3 Å². The third kappa shape index (κ3) is 6.11. The van der Waals surface area contributed by atoms with E-state index in [0.29, 0.717) is 23.7 Å². The number of benzene rings is 2. The Kier molecular flexibility index (Phi) is 8.02. The first kappa shape index (κ1) is 25.0. The lowest BCUT2D eigenvalue weighted by Crippen LogP contribution is -2.12. The van der Waals surface area contributed by atoms with Gasteiger partial charge in [0.15, 0.2) is 5.69 Å². The minimum absolute atomic E-state index is 0.0255. The smallest absolute Gasteiger partial charge is 0.360 e. The Morgan fingerprint density at radius 3 is 2.72 bits per heavy atom. The van der Waals surface area contributed by atoms with Crippen LogP contribution in [0.1, 0.15) is 46.1 Å². The molecule has 0 aliphatic heterocycles. The van der Waals surface area contributed by atoms with Crippen molar-refractivity contribution < 1.29 is 33.3 Å². The molecule has 1 atom stereocenters. The van der Waals surface area contributed by atoms with Gasteiger partial charge in [0.2, 0.25) is 5.89 Å². The molecule has 0 saturated carbocycles. The monoisotopic (exact) mass is 507 g/mol. The molecule has 1 N–H and O–H groups in total. The number of aliphatic carboxylic acids is 1. The number of thiophene rings is 1. The SMILES string of the molecule is COC(=O)c1coc(-c2ccc(OCc3ccsc3)cc2OC(CCC(=O)O)c2ccccc2C)n1. The molecule has 8 nitrogen and oxygen atoms in total. The molecule has 0 aliphatic carbocycles. The normalized spacial score (nSPS) is 11.6. The van der Waals surface area contributed by atoms with E-state index in [1.807, 2.05) is 48.0 Å². The molecule has 9 heteroatoms. The van der Waals surface area contributed by atoms with Crippen molar-refractivity contribution in [2.75, 3.05) is 7.11 Å². The summed E-state index contributed by atoms with van der Waals surface area (Å²) in [6.45, 7) is 2.33. The van der Waals surface area contributed by atoms with E-state index in [1.54, 1.807) is 29.5 Å². The third-order valence-corrected chi connectivity index (χ3v) is 6.22. The molecule has 1 unspecified atom stereocenters. The molecule has 186 valence electrons. The van der Waals surface area contributed by atoms with E-state index in [9.17, 15) is 14.7 Å². The molecule has 2 aromatic carbocycles. The van der Waals surface area contributed by atoms with Crippen molar-refractivity contribution in [2.24, 2.45) is 0 Å². The number of carbonyl (C=O) groups is 2. The Bertz CT molecular complexity index is 1330. The van der Waals surface area contributed by atoms with Gasteiger partial charge >= 0.3 is 11.9 Å². The lowest BCUT2D eigenvalue weighted by Gasteiger charge is -2.22. The van der Waals surface area contributed by atoms with Crippen LogP contribution in [0.2, 0.25) is 0 Å². The zero-order valence-electron chi connectivity index (χ0n) is 19.8. The fraction of sp³-hybridized carbons (Fsp3) is 0.222. The summed E-state index contributed by atoms with van der Waals surface area (Å²) in [4.78, 5) is 27.5. The van der Waals surface area contributed by atoms with Gasteiger partial charge in [-0.3, -0.25) is 4.79 Å². The number of ether oxygens (including phenoxy) is 3. The molecule has 4 aromatic rings. The lowest BCUT2D eigenvalue weighted by atomic mass is 9.99. The molecule has 2 heterocycles. The van der Waals surface area contributed by atoms with Crippen LogP contribution in [0.5, 0.6) is 11.5 Å². The van der Waals surface area contributed by atoms with Crippen molar-refractivity contribution in [3.8, 4) is 23.0 Å². The molecule has 0 radical (unpaired) electrons. The average molecular weight is 508 g/mol. The van der Waals surface area contributed by atoms with Crippen LogP contribution in [-0.4, -0.2) is 29.1 Å². The summed E-state index contributed by atoms with van der Waals surface area (Å²) in [7, 11) is 1.26. The summed E-state index contributed by atoms with van der Waals surface area (Å²) in [5.74, 6) is -0.434. The molecule has 0 bridgehead atoms. The van der Waals surface area contributed by atoms with Crippen LogP contribution < -0.4 is 9.47 Å². The first-order chi connectivity index (χ1) is 17.4. The Morgan fingerprint density at radius 2 is 2.00 bits per heavy atom. The molecule has 0 saturated heterocycles. The Morgan fingerprint density at radius 1 is 1.17 bits per heavy atom. The van der Waals surface area contributed by atoms with Crippen LogP contribution in [-0.2, 0) is 16.1 Å². The quantitative estimate of drug-likeness (QED) is 0.244. The number of carboxylic acids is 1. The first-order valence-electron chi connectivity index (χ1n) is 11.2. The average Bonchev–Trinajstić information content (AvgIpc) is 3.58. The highest BCUT2D eigenvalue weighted by atomic mass is 32.1. The highest BCUT2D eigenvalue weighted by Gasteiger charge is 2.22. The molecule has 0 fully saturated rings. The van der Waals surface area contributed by atoms with Crippen molar-refractivity contribution in [2.45, 2.75) is 32.5 Å². The van der Waals surface area contributed by atoms with Gasteiger partial charge < -0.3 is 23.7 Å². The van der Waals surface area contributed by atoms with Crippen LogP contribution >= 0.6 is 11.3 Å². The van der Waals surface area contributed by atoms with Crippen LogP contribution in [0.3, 0.4) is 0 Å². The van der Waals surface area contributed by atoms with E-state index >= 15 is 0 Å². The van der Waals surface area contributed by atoms with Crippen molar-refractivity contribution in [3.63, 3.8) is 0 Å². The van der Waals surface area contributed by atoms with E-state index in [4.69, 9.17) is 18.6 Å². The van der Waals surface area contributed by atoms with E-state index < -0.39 is 18.0 Å². The highest BCUT2D eigenvalue weighted by molar-refractivity contribution is 7.07. The number of oxazole rings is 1. The number of hydrogen-bond acceptors (Lipinski definition) is 8. The second-order valence-electron chi connectivity index (χ2n) is 8.00. The van der Waals surface area contributed by atoms with Crippen molar-refractivity contribution in [3.05, 3.63) is 87.9 Å². The molecule has 2 aromatic heterocycles. The summed E-state index contributed by atoms with van der Waals surface area (Å²) >= 11 is 1.59. The molecule has 0 aliphatic rings. The topological polar surface area (TPSA) is 108 Å². The highest BCUT2D eigenvalue weighted by Crippen LogP contribution is 2.38. The number of esters is 1. The fourth-order valence-electron chi connectivity index (χ4n) is 3.64. The van der Waals surface area contributed by atoms with Gasteiger partial charge in [-0.15, -0.1) is 0 Å².